The summed E-state index contributed by atoms with van der Waals surface area (Å²) in [6.07, 6.45) is 0. The van der Waals surface area contributed by atoms with Gasteiger partial charge in [0.15, 0.2) is 0 Å². The van der Waals surface area contributed by atoms with Gasteiger partial charge in [-0.2, -0.15) is 0 Å². The predicted molar refractivity (Wildman–Crippen MR) is 70.2 cm³/mol. The number of benzene rings is 1. The van der Waals surface area contributed by atoms with Gasteiger partial charge in [0.1, 0.15) is 0 Å². The molecule has 0 aromatic heterocycles. The molecule has 90 valence electrons. The highest BCUT2D eigenvalue weighted by Crippen LogP contribution is 2.23. The molecule has 3 nitrogen and oxygen atoms in total. The van der Waals surface area contributed by atoms with Crippen LogP contribution in [0.4, 0.5) is 0 Å². The molecule has 0 aliphatic rings. The minimum atomic E-state index is 0.104. The van der Waals surface area contributed by atoms with Crippen molar-refractivity contribution in [2.24, 2.45) is 5.73 Å². The maximum absolute atomic E-state index is 9.16. The molecule has 16 heavy (non-hydrogen) atoms. The van der Waals surface area contributed by atoms with Crippen LogP contribution in [0, 0.1) is 0 Å². The highest BCUT2D eigenvalue weighted by Gasteiger charge is 2.19. The van der Waals surface area contributed by atoms with Crippen LogP contribution in [0.25, 0.3) is 0 Å². The van der Waals surface area contributed by atoms with Crippen molar-refractivity contribution in [3.05, 3.63) is 34.3 Å². The number of aliphatic hydroxyl groups excluding tert-OH is 1. The Kier molecular flexibility index (Phi) is 5.41. The van der Waals surface area contributed by atoms with Crippen LogP contribution in [0.2, 0.25) is 0 Å². The minimum Gasteiger partial charge on any atom is -0.395 e. The molecule has 0 aliphatic heterocycles. The number of halogens is 1. The normalized spacial score (nSPS) is 15.1. The van der Waals surface area contributed by atoms with Gasteiger partial charge in [0.2, 0.25) is 0 Å². The summed E-state index contributed by atoms with van der Waals surface area (Å²) in [7, 11) is 1.99. The summed E-state index contributed by atoms with van der Waals surface area (Å²) in [6, 6.07) is 8.36. The SMILES string of the molecule is CC(CO)N(C)C(CN)c1cccc(Br)c1. The molecule has 4 heteroatoms. The minimum absolute atomic E-state index is 0.104. The summed E-state index contributed by atoms with van der Waals surface area (Å²) in [5.41, 5.74) is 6.98. The lowest BCUT2D eigenvalue weighted by Crippen LogP contribution is -2.38. The van der Waals surface area contributed by atoms with Gasteiger partial charge in [-0.3, -0.25) is 4.90 Å². The molecule has 0 amide bonds. The highest BCUT2D eigenvalue weighted by atomic mass is 79.9. The number of rotatable bonds is 5. The van der Waals surface area contributed by atoms with Gasteiger partial charge in [-0.05, 0) is 31.7 Å². The van der Waals surface area contributed by atoms with Crippen molar-refractivity contribution in [3.8, 4) is 0 Å². The number of hydrogen-bond acceptors (Lipinski definition) is 3. The zero-order valence-electron chi connectivity index (χ0n) is 9.73. The molecule has 2 atom stereocenters. The fourth-order valence-electron chi connectivity index (χ4n) is 1.69. The third-order valence-electron chi connectivity index (χ3n) is 2.91. The van der Waals surface area contributed by atoms with E-state index in [-0.39, 0.29) is 18.7 Å². The topological polar surface area (TPSA) is 49.5 Å². The largest absolute Gasteiger partial charge is 0.395 e. The summed E-state index contributed by atoms with van der Waals surface area (Å²) in [5, 5.41) is 9.16. The van der Waals surface area contributed by atoms with Crippen LogP contribution < -0.4 is 5.73 Å². The second kappa shape index (κ2) is 6.35. The number of nitrogens with zero attached hydrogens (tertiary/aromatic N) is 1. The summed E-state index contributed by atoms with van der Waals surface area (Å²) >= 11 is 3.45. The number of likely N-dealkylation sites (N-methyl/N-ethyl adjacent to an activating group) is 1. The van der Waals surface area contributed by atoms with Crippen molar-refractivity contribution in [2.45, 2.75) is 19.0 Å². The van der Waals surface area contributed by atoms with Crippen molar-refractivity contribution < 1.29 is 5.11 Å². The van der Waals surface area contributed by atoms with Crippen molar-refractivity contribution in [1.29, 1.82) is 0 Å². The molecular formula is C12H19BrN2O. The molecule has 0 fully saturated rings. The molecule has 2 unspecified atom stereocenters. The fraction of sp³-hybridized carbons (Fsp3) is 0.500. The number of aliphatic hydroxyl groups is 1. The first-order valence-corrected chi connectivity index (χ1v) is 6.17. The molecule has 0 radical (unpaired) electrons. The Morgan fingerprint density at radius 3 is 2.69 bits per heavy atom. The molecule has 0 saturated carbocycles. The first kappa shape index (κ1) is 13.6. The lowest BCUT2D eigenvalue weighted by atomic mass is 10.0. The number of nitrogens with two attached hydrogens (primary N) is 1. The Hall–Kier alpha value is -0.420. The third-order valence-corrected chi connectivity index (χ3v) is 3.40. The van der Waals surface area contributed by atoms with Crippen LogP contribution in [0.3, 0.4) is 0 Å². The van der Waals surface area contributed by atoms with E-state index in [4.69, 9.17) is 10.8 Å². The van der Waals surface area contributed by atoms with E-state index in [9.17, 15) is 0 Å². The van der Waals surface area contributed by atoms with E-state index in [1.165, 1.54) is 5.56 Å². The average molecular weight is 287 g/mol. The molecule has 0 aliphatic carbocycles. The van der Waals surface area contributed by atoms with Crippen molar-refractivity contribution in [2.75, 3.05) is 20.2 Å². The van der Waals surface area contributed by atoms with E-state index in [2.05, 4.69) is 33.0 Å². The fourth-order valence-corrected chi connectivity index (χ4v) is 2.10. The summed E-state index contributed by atoms with van der Waals surface area (Å²) in [4.78, 5) is 2.10. The molecule has 1 aromatic carbocycles. The third kappa shape index (κ3) is 3.28. The second-order valence-corrected chi connectivity index (χ2v) is 4.92. The molecule has 0 bridgehead atoms. The molecule has 1 aromatic rings. The molecule has 1 rings (SSSR count). The van der Waals surface area contributed by atoms with Crippen LogP contribution in [0.5, 0.6) is 0 Å². The quantitative estimate of drug-likeness (QED) is 0.867. The average Bonchev–Trinajstić information content (AvgIpc) is 2.29. The van der Waals surface area contributed by atoms with Crippen LogP contribution in [-0.4, -0.2) is 36.2 Å². The van der Waals surface area contributed by atoms with Crippen molar-refractivity contribution in [3.63, 3.8) is 0 Å². The van der Waals surface area contributed by atoms with Gasteiger partial charge in [-0.25, -0.2) is 0 Å². The first-order chi connectivity index (χ1) is 7.60. The zero-order valence-corrected chi connectivity index (χ0v) is 11.3. The highest BCUT2D eigenvalue weighted by molar-refractivity contribution is 9.10. The smallest absolute Gasteiger partial charge is 0.0584 e. The molecule has 0 heterocycles. The first-order valence-electron chi connectivity index (χ1n) is 5.38. The second-order valence-electron chi connectivity index (χ2n) is 4.00. The van der Waals surface area contributed by atoms with Gasteiger partial charge in [0, 0.05) is 23.1 Å². The van der Waals surface area contributed by atoms with E-state index in [1.807, 2.05) is 26.1 Å². The Morgan fingerprint density at radius 2 is 2.19 bits per heavy atom. The lowest BCUT2D eigenvalue weighted by Gasteiger charge is -2.31. The molecule has 0 saturated heterocycles. The predicted octanol–water partition coefficient (Wildman–Crippen LogP) is 1.76. The van der Waals surface area contributed by atoms with Gasteiger partial charge in [0.05, 0.1) is 6.61 Å². The van der Waals surface area contributed by atoms with E-state index < -0.39 is 0 Å². The van der Waals surface area contributed by atoms with E-state index in [0.29, 0.717) is 6.54 Å². The van der Waals surface area contributed by atoms with Crippen LogP contribution in [0.15, 0.2) is 28.7 Å². The van der Waals surface area contributed by atoms with Gasteiger partial charge >= 0.3 is 0 Å². The van der Waals surface area contributed by atoms with Gasteiger partial charge in [-0.1, -0.05) is 28.1 Å². The summed E-state index contributed by atoms with van der Waals surface area (Å²) < 4.78 is 1.05. The standard InChI is InChI=1S/C12H19BrN2O/c1-9(8-16)15(2)12(7-14)10-4-3-5-11(13)6-10/h3-6,9,12,16H,7-8,14H2,1-2H3. The van der Waals surface area contributed by atoms with E-state index in [1.54, 1.807) is 0 Å². The molecular weight excluding hydrogens is 268 g/mol. The van der Waals surface area contributed by atoms with Gasteiger partial charge < -0.3 is 10.8 Å². The van der Waals surface area contributed by atoms with Gasteiger partial charge in [-0.15, -0.1) is 0 Å². The Labute approximate surface area is 105 Å². The maximum Gasteiger partial charge on any atom is 0.0584 e. The summed E-state index contributed by atoms with van der Waals surface area (Å²) in [6.45, 7) is 2.67. The number of hydrogen-bond donors (Lipinski definition) is 2. The van der Waals surface area contributed by atoms with Crippen molar-refractivity contribution in [1.82, 2.24) is 4.90 Å². The van der Waals surface area contributed by atoms with Crippen LogP contribution >= 0.6 is 15.9 Å². The monoisotopic (exact) mass is 286 g/mol. The van der Waals surface area contributed by atoms with Crippen LogP contribution in [0.1, 0.15) is 18.5 Å². The zero-order chi connectivity index (χ0) is 12.1. The van der Waals surface area contributed by atoms with Crippen molar-refractivity contribution >= 4 is 15.9 Å². The lowest BCUT2D eigenvalue weighted by molar-refractivity contribution is 0.122. The van der Waals surface area contributed by atoms with Gasteiger partial charge in [0.25, 0.3) is 0 Å². The van der Waals surface area contributed by atoms with E-state index >= 15 is 0 Å². The molecule has 0 spiro atoms. The Morgan fingerprint density at radius 1 is 1.50 bits per heavy atom. The van der Waals surface area contributed by atoms with E-state index in [0.717, 1.165) is 4.47 Å². The maximum atomic E-state index is 9.16. The Bertz CT molecular complexity index is 333. The Balaban J connectivity index is 2.89. The molecule has 3 N–H and O–H groups in total. The summed E-state index contributed by atoms with van der Waals surface area (Å²) in [5.74, 6) is 0. The van der Waals surface area contributed by atoms with Crippen LogP contribution in [-0.2, 0) is 0 Å².